The molecule has 17 heteroatoms. The molecule has 0 saturated carbocycles. The Morgan fingerprint density at radius 2 is 0.806 bits per heavy atom. The fourth-order valence-corrected chi connectivity index (χ4v) is 21.3. The standard InChI is InChI=1S/C28H19N2O.C27H22NO.C25H19N2O.C18H24GeN.C15H18NSi.C14H16NSi.3Ir/c1-18-22-9-5-6-10-23(22)27-24-17-21(11-12-26(24)31-28(27)30-18)25-16-20(13-14-29-25)15-19-7-3-2-4-8-19;1-18(2)22-9-6-10-23-24-17-21(11-12-26(24)29-27(22)23)25-16-20(13-14-28-25)15-19-7-4-3-5-8-19;1-16-12-22-21-15-20(8-9-24(21)28-25(22)17(2)27-16)23-14-19(10-11-26-23)13-18-6-4-3-5-7-18;1-14(2)11-16-12-18(15-9-7-6-8-10-15)20-13-17(16)19(3,4)5;1-12-5-7-13(8-6-12)15-10-9-14(11-16-15)17(2,3)4;1-16(2,3)13-9-10-14(15-11-13)12-7-5-4-6-8-12;;;/h2-10,12-14,16-17H,15H2,1H3;3-10,12-14,16-18H,15H2,1-2H3;3-7,9-12,14-15H,13H2,1-2H3;6-9,12-14H,11H2,1-5H3;5-7,9-11H,1-4H3;4-7,9-11H,1-3H3;;;/q6*-1;;;/i1D3,15D2;15D2;1D3,13D2;11D2;1D3;;;;. The monoisotopic (exact) mass is 2530 g/mol. The number of hydrogen-bond acceptors (Lipinski definition) is 11. The number of benzene rings is 11. The van der Waals surface area contributed by atoms with Gasteiger partial charge >= 0.3 is 128 Å². The SMILES string of the molecule is C[Si](C)(C)c1ccc(-c2[c-]cccc2)nc1.[2H]C([2H])([2H])c1c[c-]c(-c2ccc([Si](C)(C)C)cn2)cc1.[2H]C([2H])([2H])c1cc2c(oc3c[c-]c(-c4cc(C([2H])([2H])c5ccccc5)ccn4)cc32)c(C)n1.[2H]C([2H])([2H])c1nc2oc3c[c-]c(-c4cc(C([2H])([2H])c5ccccc5)ccn4)cc3c2c2ccccc12.[2H]C([2H])(c1cc(-c2[c-]cccc2)nc[c]1[Ge]([CH3])([CH3])[CH3])C(C)C.[2H]C([2H])(c1ccccc1)c1ccnc(-c2[c-]cc3oc4c(C(C)C)cccc4c3c2)c1.[Ir].[Ir].[Ir]. The minimum Gasteiger partial charge on any atom is -0.500 e. The third-order valence-corrected chi connectivity index (χ3v) is 32.0. The van der Waals surface area contributed by atoms with Crippen molar-refractivity contribution in [1.29, 1.82) is 0 Å². The van der Waals surface area contributed by atoms with Gasteiger partial charge in [-0.25, -0.2) is 4.98 Å². The molecule has 729 valence electrons. The van der Waals surface area contributed by atoms with Crippen molar-refractivity contribution in [2.45, 2.75) is 143 Å². The van der Waals surface area contributed by atoms with Crippen molar-refractivity contribution in [3.05, 3.63) is 450 Å². The molecule has 0 N–H and O–H groups in total. The number of pyridine rings is 8. The summed E-state index contributed by atoms with van der Waals surface area (Å²) in [5, 5.41) is 8.97. The Hall–Kier alpha value is -12.8. The van der Waals surface area contributed by atoms with E-state index in [2.05, 4.69) is 183 Å². The Bertz CT molecular complexity index is 8840. The molecule has 3 radical (unpaired) electrons. The molecule has 0 aliphatic heterocycles. The van der Waals surface area contributed by atoms with Crippen LogP contribution in [0.4, 0.5) is 0 Å². The Balaban J connectivity index is 0.000000153. The molecule has 0 spiro atoms. The van der Waals surface area contributed by atoms with Crippen LogP contribution in [0.2, 0.25) is 56.6 Å². The number of para-hydroxylation sites is 1. The summed E-state index contributed by atoms with van der Waals surface area (Å²) in [6.07, 6.45) is 4.33. The van der Waals surface area contributed by atoms with Crippen LogP contribution >= 0.6 is 0 Å². The maximum atomic E-state index is 8.70. The third-order valence-electron chi connectivity index (χ3n) is 23.7. The molecular formula is C127H118GeIr3N8O3Si2-6. The number of furan rings is 3. The third kappa shape index (κ3) is 26.7. The Morgan fingerprint density at radius 1 is 0.354 bits per heavy atom. The summed E-state index contributed by atoms with van der Waals surface area (Å²) in [4.78, 5) is 35.6. The topological polar surface area (TPSA) is 143 Å². The quantitative estimate of drug-likeness (QED) is 0.0598. The van der Waals surface area contributed by atoms with Gasteiger partial charge in [0.15, 0.2) is 0 Å². The van der Waals surface area contributed by atoms with Crippen molar-refractivity contribution in [3.63, 3.8) is 0 Å². The largest absolute Gasteiger partial charge is 0.500 e. The minimum absolute atomic E-state index is 0. The average Bonchev–Trinajstić information content (AvgIpc) is 1.58. The second kappa shape index (κ2) is 48.3. The van der Waals surface area contributed by atoms with E-state index in [0.29, 0.717) is 106 Å². The molecule has 0 atom stereocenters. The van der Waals surface area contributed by atoms with Gasteiger partial charge in [0.05, 0.1) is 38.6 Å². The molecule has 11 aromatic heterocycles. The molecule has 22 aromatic rings. The van der Waals surface area contributed by atoms with Gasteiger partial charge in [0.1, 0.15) is 11.2 Å². The van der Waals surface area contributed by atoms with Crippen molar-refractivity contribution < 1.29 is 96.9 Å². The molecule has 0 aliphatic carbocycles. The summed E-state index contributed by atoms with van der Waals surface area (Å²) in [5.41, 5.74) is 19.1. The summed E-state index contributed by atoms with van der Waals surface area (Å²) in [6.45, 7) is 17.0. The van der Waals surface area contributed by atoms with Crippen LogP contribution in [0.15, 0.2) is 360 Å². The number of nitrogens with zero attached hydrogens (tertiary/aromatic N) is 8. The van der Waals surface area contributed by atoms with E-state index in [4.69, 9.17) is 36.6 Å². The predicted molar refractivity (Wildman–Crippen MR) is 594 cm³/mol. The first kappa shape index (κ1) is 85.6. The number of aryl methyl sites for hydroxylation is 4. The van der Waals surface area contributed by atoms with Crippen LogP contribution in [0.1, 0.15) is 124 Å². The zero-order valence-corrected chi connectivity index (χ0v) is 93.6. The zero-order chi connectivity index (χ0) is 113. The zero-order valence-electron chi connectivity index (χ0n) is 99.4. The first-order valence-corrected chi connectivity index (χ1v) is 61.3. The van der Waals surface area contributed by atoms with Crippen LogP contribution in [0.3, 0.4) is 0 Å². The van der Waals surface area contributed by atoms with Gasteiger partial charge in [-0.2, -0.15) is 0 Å². The van der Waals surface area contributed by atoms with Crippen LogP contribution in [-0.4, -0.2) is 69.3 Å². The molecular weight excluding hydrogens is 2390 g/mol. The van der Waals surface area contributed by atoms with Gasteiger partial charge in [-0.3, -0.25) is 4.98 Å². The predicted octanol–water partition coefficient (Wildman–Crippen LogP) is 30.9. The van der Waals surface area contributed by atoms with Crippen LogP contribution < -0.4 is 14.8 Å². The summed E-state index contributed by atoms with van der Waals surface area (Å²) < 4.78 is 157. The molecule has 11 nitrogen and oxygen atoms in total. The van der Waals surface area contributed by atoms with Crippen molar-refractivity contribution in [1.82, 2.24) is 39.9 Å². The maximum Gasteiger partial charge on any atom is 0.124 e. The molecule has 0 amide bonds. The fourth-order valence-electron chi connectivity index (χ4n) is 16.3. The Labute approximate surface area is 917 Å². The Morgan fingerprint density at radius 3 is 1.26 bits per heavy atom. The molecule has 0 saturated heterocycles. The number of hydrogen-bond donors (Lipinski definition) is 0. The van der Waals surface area contributed by atoms with Gasteiger partial charge < -0.3 is 38.2 Å². The number of rotatable bonds is 18. The molecule has 0 aliphatic rings. The molecule has 144 heavy (non-hydrogen) atoms. The van der Waals surface area contributed by atoms with Gasteiger partial charge in [0.2, 0.25) is 5.71 Å². The fraction of sp³-hybridized carbons (Fsp3) is 0.181. The van der Waals surface area contributed by atoms with Gasteiger partial charge in [-0.15, -0.1) is 143 Å². The van der Waals surface area contributed by atoms with E-state index >= 15 is 0 Å². The van der Waals surface area contributed by atoms with Crippen molar-refractivity contribution >= 4 is 121 Å². The average molecular weight is 2530 g/mol. The summed E-state index contributed by atoms with van der Waals surface area (Å²) in [6, 6.07) is 114. The molecule has 0 unspecified atom stereocenters. The molecule has 22 rings (SSSR count). The Kier molecular flexibility index (Phi) is 28.7. The van der Waals surface area contributed by atoms with E-state index < -0.39 is 75.5 Å². The van der Waals surface area contributed by atoms with Gasteiger partial charge in [-0.1, -0.05) is 252 Å². The first-order valence-electron chi connectivity index (χ1n) is 55.5. The van der Waals surface area contributed by atoms with E-state index in [-0.39, 0.29) is 83.3 Å². The van der Waals surface area contributed by atoms with Crippen molar-refractivity contribution in [2.75, 3.05) is 0 Å². The summed E-state index contributed by atoms with van der Waals surface area (Å²) >= 11 is -2.20. The normalized spacial score (nSPS) is 13.7. The van der Waals surface area contributed by atoms with Crippen molar-refractivity contribution in [2.24, 2.45) is 5.92 Å². The molecule has 0 fully saturated rings. The van der Waals surface area contributed by atoms with Crippen LogP contribution in [0, 0.1) is 69.8 Å². The smallest absolute Gasteiger partial charge is 0.124 e. The van der Waals surface area contributed by atoms with E-state index in [9.17, 15) is 0 Å². The van der Waals surface area contributed by atoms with Gasteiger partial charge in [-0.05, 0) is 153 Å². The number of fused-ring (bicyclic) bond motifs is 11. The van der Waals surface area contributed by atoms with Crippen LogP contribution in [0.25, 0.3) is 144 Å². The molecule has 11 heterocycles. The summed E-state index contributed by atoms with van der Waals surface area (Å²) in [5.74, 6) is 7.14. The molecule has 11 aromatic carbocycles. The minimum atomic E-state index is -2.38. The van der Waals surface area contributed by atoms with Crippen LogP contribution in [-0.2, 0) is 85.8 Å². The summed E-state index contributed by atoms with van der Waals surface area (Å²) in [7, 11) is -2.57. The second-order valence-corrected chi connectivity index (χ2v) is 58.8. The number of aromatic nitrogens is 8. The maximum absolute atomic E-state index is 8.70. The van der Waals surface area contributed by atoms with Crippen LogP contribution in [0.5, 0.6) is 0 Å². The van der Waals surface area contributed by atoms with Crippen molar-refractivity contribution in [3.8, 4) is 67.5 Å². The second-order valence-electron chi connectivity index (χ2n) is 38.0. The van der Waals surface area contributed by atoms with E-state index in [1.165, 1.54) is 22.0 Å². The first-order chi connectivity index (χ1) is 74.7. The van der Waals surface area contributed by atoms with Gasteiger partial charge in [0.25, 0.3) is 0 Å². The van der Waals surface area contributed by atoms with E-state index in [1.54, 1.807) is 123 Å². The molecule has 0 bridgehead atoms. The van der Waals surface area contributed by atoms with E-state index in [0.717, 1.165) is 92.8 Å². The van der Waals surface area contributed by atoms with Gasteiger partial charge in [0, 0.05) is 145 Å². The van der Waals surface area contributed by atoms with E-state index in [1.807, 2.05) is 202 Å².